The molecule has 1 aromatic rings. The molecule has 0 saturated heterocycles. The Kier molecular flexibility index (Phi) is 6.95. The van der Waals surface area contributed by atoms with E-state index in [-0.39, 0.29) is 11.8 Å². The van der Waals surface area contributed by atoms with Gasteiger partial charge in [-0.3, -0.25) is 0 Å². The molecule has 1 unspecified atom stereocenters. The summed E-state index contributed by atoms with van der Waals surface area (Å²) in [5, 5.41) is 11.9. The van der Waals surface area contributed by atoms with Crippen molar-refractivity contribution in [2.24, 2.45) is 0 Å². The van der Waals surface area contributed by atoms with Crippen molar-refractivity contribution in [1.82, 2.24) is 10.2 Å². The number of aliphatic hydroxyl groups excluding tert-OH is 1. The van der Waals surface area contributed by atoms with E-state index in [0.717, 1.165) is 4.47 Å². The van der Waals surface area contributed by atoms with Gasteiger partial charge in [-0.05, 0) is 43.5 Å². The van der Waals surface area contributed by atoms with E-state index < -0.39 is 6.10 Å². The Bertz CT molecular complexity index is 455. The molecule has 4 nitrogen and oxygen atoms in total. The lowest BCUT2D eigenvalue weighted by molar-refractivity contribution is 0.163. The van der Waals surface area contributed by atoms with Crippen LogP contribution in [0.2, 0.25) is 0 Å². The predicted molar refractivity (Wildman–Crippen MR) is 80.1 cm³/mol. The summed E-state index contributed by atoms with van der Waals surface area (Å²) in [7, 11) is 1.66. The molecule has 0 aliphatic heterocycles. The lowest BCUT2D eigenvalue weighted by Gasteiger charge is -2.18. The molecule has 112 valence electrons. The van der Waals surface area contributed by atoms with Gasteiger partial charge < -0.3 is 15.3 Å². The zero-order valence-corrected chi connectivity index (χ0v) is 13.3. The minimum atomic E-state index is -0.430. The largest absolute Gasteiger partial charge is 0.393 e. The first-order valence-electron chi connectivity index (χ1n) is 6.51. The van der Waals surface area contributed by atoms with Crippen LogP contribution in [0, 0.1) is 5.82 Å². The Morgan fingerprint density at radius 2 is 2.25 bits per heavy atom. The van der Waals surface area contributed by atoms with Crippen molar-refractivity contribution >= 4 is 22.0 Å². The van der Waals surface area contributed by atoms with Gasteiger partial charge >= 0.3 is 6.03 Å². The minimum absolute atomic E-state index is 0.221. The highest BCUT2D eigenvalue weighted by Gasteiger charge is 2.09. The number of nitrogens with one attached hydrogen (secondary N) is 1. The molecule has 0 spiro atoms. The van der Waals surface area contributed by atoms with Crippen LogP contribution in [-0.4, -0.2) is 42.3 Å². The van der Waals surface area contributed by atoms with Gasteiger partial charge in [-0.25, -0.2) is 9.18 Å². The number of urea groups is 1. The number of carbonyl (C=O) groups is 1. The van der Waals surface area contributed by atoms with Crippen LogP contribution in [0.1, 0.15) is 18.9 Å². The molecule has 20 heavy (non-hydrogen) atoms. The third kappa shape index (κ3) is 5.88. The molecular formula is C14H20BrFN2O2. The highest BCUT2D eigenvalue weighted by atomic mass is 79.9. The van der Waals surface area contributed by atoms with Gasteiger partial charge in [-0.15, -0.1) is 0 Å². The van der Waals surface area contributed by atoms with E-state index in [1.54, 1.807) is 26.1 Å². The summed E-state index contributed by atoms with van der Waals surface area (Å²) in [5.41, 5.74) is 0.561. The zero-order chi connectivity index (χ0) is 15.1. The monoisotopic (exact) mass is 346 g/mol. The van der Waals surface area contributed by atoms with Gasteiger partial charge in [0, 0.05) is 24.6 Å². The molecule has 1 aromatic carbocycles. The second kappa shape index (κ2) is 8.21. The van der Waals surface area contributed by atoms with Gasteiger partial charge in [0.25, 0.3) is 0 Å². The molecular weight excluding hydrogens is 327 g/mol. The van der Waals surface area contributed by atoms with Crippen molar-refractivity contribution in [1.29, 1.82) is 0 Å². The number of rotatable bonds is 6. The molecule has 0 radical (unpaired) electrons. The molecule has 0 bridgehead atoms. The normalized spacial score (nSPS) is 12.1. The number of hydrogen-bond acceptors (Lipinski definition) is 2. The Labute approximate surface area is 127 Å². The quantitative estimate of drug-likeness (QED) is 0.831. The van der Waals surface area contributed by atoms with Gasteiger partial charge in [0.15, 0.2) is 0 Å². The first-order chi connectivity index (χ1) is 9.40. The lowest BCUT2D eigenvalue weighted by Crippen LogP contribution is -2.39. The maximum atomic E-state index is 13.5. The summed E-state index contributed by atoms with van der Waals surface area (Å²) >= 11 is 3.29. The maximum absolute atomic E-state index is 13.5. The third-order valence-electron chi connectivity index (χ3n) is 2.91. The second-order valence-corrected chi connectivity index (χ2v) is 5.69. The average molecular weight is 347 g/mol. The van der Waals surface area contributed by atoms with Crippen LogP contribution in [0.3, 0.4) is 0 Å². The summed E-state index contributed by atoms with van der Waals surface area (Å²) in [6, 6.07) is 4.52. The Morgan fingerprint density at radius 3 is 2.90 bits per heavy atom. The van der Waals surface area contributed by atoms with Crippen molar-refractivity contribution in [2.75, 3.05) is 20.1 Å². The molecule has 2 amide bonds. The summed E-state index contributed by atoms with van der Waals surface area (Å²) in [4.78, 5) is 13.2. The summed E-state index contributed by atoms with van der Waals surface area (Å²) in [5.74, 6) is -0.273. The van der Waals surface area contributed by atoms with E-state index in [2.05, 4.69) is 21.2 Å². The van der Waals surface area contributed by atoms with Gasteiger partial charge in [0.1, 0.15) is 5.82 Å². The predicted octanol–water partition coefficient (Wildman–Crippen LogP) is 2.54. The average Bonchev–Trinajstić information content (AvgIpc) is 2.39. The van der Waals surface area contributed by atoms with Crippen LogP contribution in [-0.2, 0) is 6.42 Å². The molecule has 0 heterocycles. The fourth-order valence-electron chi connectivity index (χ4n) is 1.66. The molecule has 0 saturated carbocycles. The molecule has 0 aliphatic carbocycles. The van der Waals surface area contributed by atoms with Crippen molar-refractivity contribution in [3.05, 3.63) is 34.1 Å². The van der Waals surface area contributed by atoms with E-state index in [4.69, 9.17) is 5.11 Å². The third-order valence-corrected chi connectivity index (χ3v) is 3.40. The van der Waals surface area contributed by atoms with Gasteiger partial charge in [-0.2, -0.15) is 0 Å². The van der Waals surface area contributed by atoms with E-state index >= 15 is 0 Å². The summed E-state index contributed by atoms with van der Waals surface area (Å²) in [6.07, 6.45) is 0.534. The Morgan fingerprint density at radius 1 is 1.55 bits per heavy atom. The number of aliphatic hydroxyl groups is 1. The number of carbonyl (C=O) groups excluding carboxylic acids is 1. The van der Waals surface area contributed by atoms with E-state index in [9.17, 15) is 9.18 Å². The van der Waals surface area contributed by atoms with Crippen molar-refractivity contribution in [2.45, 2.75) is 25.9 Å². The number of nitrogens with zero attached hydrogens (tertiary/aromatic N) is 1. The van der Waals surface area contributed by atoms with E-state index in [0.29, 0.717) is 31.5 Å². The molecule has 1 atom stereocenters. The van der Waals surface area contributed by atoms with Crippen LogP contribution in [0.15, 0.2) is 22.7 Å². The number of halogens is 2. The van der Waals surface area contributed by atoms with E-state index in [1.165, 1.54) is 11.0 Å². The van der Waals surface area contributed by atoms with Gasteiger partial charge in [0.2, 0.25) is 0 Å². The van der Waals surface area contributed by atoms with Crippen molar-refractivity contribution in [3.63, 3.8) is 0 Å². The van der Waals surface area contributed by atoms with Crippen LogP contribution in [0.5, 0.6) is 0 Å². The number of benzene rings is 1. The molecule has 2 N–H and O–H groups in total. The first kappa shape index (κ1) is 16.9. The molecule has 0 aromatic heterocycles. The van der Waals surface area contributed by atoms with E-state index in [1.807, 2.05) is 0 Å². The van der Waals surface area contributed by atoms with Crippen LogP contribution >= 0.6 is 15.9 Å². The molecule has 0 aliphatic rings. The highest BCUT2D eigenvalue weighted by molar-refractivity contribution is 9.10. The topological polar surface area (TPSA) is 52.6 Å². The minimum Gasteiger partial charge on any atom is -0.393 e. The first-order valence-corrected chi connectivity index (χ1v) is 7.30. The van der Waals surface area contributed by atoms with Gasteiger partial charge in [-0.1, -0.05) is 15.9 Å². The SMILES string of the molecule is CC(O)CCN(C)C(=O)NCCc1cc(Br)ccc1F. The lowest BCUT2D eigenvalue weighted by atomic mass is 10.1. The fourth-order valence-corrected chi connectivity index (χ4v) is 2.06. The summed E-state index contributed by atoms with van der Waals surface area (Å²) < 4.78 is 14.3. The zero-order valence-electron chi connectivity index (χ0n) is 11.7. The van der Waals surface area contributed by atoms with Crippen LogP contribution < -0.4 is 5.32 Å². The smallest absolute Gasteiger partial charge is 0.317 e. The Balaban J connectivity index is 2.36. The summed E-state index contributed by atoms with van der Waals surface area (Å²) in [6.45, 7) is 2.53. The second-order valence-electron chi connectivity index (χ2n) is 4.78. The molecule has 1 rings (SSSR count). The molecule has 6 heteroatoms. The number of amides is 2. The fraction of sp³-hybridized carbons (Fsp3) is 0.500. The maximum Gasteiger partial charge on any atom is 0.317 e. The van der Waals surface area contributed by atoms with Crippen LogP contribution in [0.4, 0.5) is 9.18 Å². The Hall–Kier alpha value is -1.14. The highest BCUT2D eigenvalue weighted by Crippen LogP contribution is 2.15. The van der Waals surface area contributed by atoms with Crippen LogP contribution in [0.25, 0.3) is 0 Å². The van der Waals surface area contributed by atoms with Crippen molar-refractivity contribution in [3.8, 4) is 0 Å². The molecule has 0 fully saturated rings. The van der Waals surface area contributed by atoms with Crippen molar-refractivity contribution < 1.29 is 14.3 Å². The number of hydrogen-bond donors (Lipinski definition) is 2. The van der Waals surface area contributed by atoms with Gasteiger partial charge in [0.05, 0.1) is 6.10 Å². The standard InChI is InChI=1S/C14H20BrFN2O2/c1-10(19)6-8-18(2)14(20)17-7-5-11-9-12(15)3-4-13(11)16/h3-4,9-10,19H,5-8H2,1-2H3,(H,17,20).